The number of nitrogens with two attached hydrogens (primary N) is 1. The van der Waals surface area contributed by atoms with Gasteiger partial charge in [0.2, 0.25) is 23.6 Å². The maximum Gasteiger partial charge on any atom is 0.407 e. The van der Waals surface area contributed by atoms with Crippen LogP contribution in [0.4, 0.5) is 4.79 Å². The Kier molecular flexibility index (Phi) is 16.3. The minimum atomic E-state index is -1.20. The topological polar surface area (TPSA) is 227 Å². The largest absolute Gasteiger partial charge is 0.498 e. The highest BCUT2D eigenvalue weighted by atomic mass is 16.5. The summed E-state index contributed by atoms with van der Waals surface area (Å²) in [6, 6.07) is 11.5. The van der Waals surface area contributed by atoms with Gasteiger partial charge in [0.15, 0.2) is 0 Å². The lowest BCUT2D eigenvalue weighted by Crippen LogP contribution is -2.56. The molecule has 2 aromatic rings. The van der Waals surface area contributed by atoms with Gasteiger partial charge in [-0.25, -0.2) is 9.59 Å². The van der Waals surface area contributed by atoms with E-state index in [1.807, 2.05) is 68.5 Å². The minimum absolute atomic E-state index is 0.00552. The van der Waals surface area contributed by atoms with Crippen molar-refractivity contribution >= 4 is 35.7 Å². The maximum absolute atomic E-state index is 13.8. The van der Waals surface area contributed by atoms with E-state index in [-0.39, 0.29) is 37.7 Å². The summed E-state index contributed by atoms with van der Waals surface area (Å²) in [5.41, 5.74) is 9.87. The summed E-state index contributed by atoms with van der Waals surface area (Å²) < 4.78 is 11.3. The van der Waals surface area contributed by atoms with Gasteiger partial charge in [0, 0.05) is 18.8 Å². The summed E-state index contributed by atoms with van der Waals surface area (Å²) in [6.07, 6.45) is 3.18. The minimum Gasteiger partial charge on any atom is -0.498 e. The number of fused-ring (bicyclic) bond motifs is 3. The van der Waals surface area contributed by atoms with Crippen LogP contribution in [-0.4, -0.2) is 91.3 Å². The molecule has 0 bridgehead atoms. The molecule has 0 aromatic heterocycles. The summed E-state index contributed by atoms with van der Waals surface area (Å²) in [4.78, 5) is 78.3. The van der Waals surface area contributed by atoms with Crippen molar-refractivity contribution in [2.45, 2.75) is 96.3 Å². The predicted octanol–water partition coefficient (Wildman–Crippen LogP) is 3.07. The van der Waals surface area contributed by atoms with Crippen LogP contribution in [0.25, 0.3) is 11.1 Å². The number of carboxylic acids is 1. The number of carbonyl (C=O) groups is 6. The molecule has 1 aliphatic carbocycles. The molecule has 2 aliphatic rings. The fraction of sp³-hybridized carbons (Fsp3) is 0.512. The third-order valence-corrected chi connectivity index (χ3v) is 9.73. The molecule has 0 saturated heterocycles. The van der Waals surface area contributed by atoms with Crippen molar-refractivity contribution in [1.29, 1.82) is 0 Å². The number of hydrogen-bond donors (Lipinski definition) is 7. The van der Waals surface area contributed by atoms with E-state index in [1.165, 1.54) is 0 Å². The van der Waals surface area contributed by atoms with Crippen LogP contribution >= 0.6 is 0 Å². The fourth-order valence-electron chi connectivity index (χ4n) is 6.84. The SMILES string of the molecule is CC(C)C[C@H](NC(=O)OCC1c2ccccc2-c2ccccc21)C(=O)N[C@@H](CC1=CCCO1)C(=O)NCC(=O)N[C@@H](CCCCN)C(=O)N[C@H](C(=O)O)C(C)C. The molecule has 0 unspecified atom stereocenters. The first-order valence-electron chi connectivity index (χ1n) is 19.3. The van der Waals surface area contributed by atoms with Gasteiger partial charge in [0.05, 0.1) is 18.9 Å². The molecule has 1 aliphatic heterocycles. The lowest BCUT2D eigenvalue weighted by molar-refractivity contribution is -0.143. The lowest BCUT2D eigenvalue weighted by Gasteiger charge is -2.25. The van der Waals surface area contributed by atoms with Crippen molar-refractivity contribution in [2.75, 3.05) is 26.3 Å². The number of alkyl carbamates (subject to hydrolysis) is 1. The maximum atomic E-state index is 13.8. The van der Waals surface area contributed by atoms with Gasteiger partial charge in [-0.15, -0.1) is 0 Å². The first-order chi connectivity index (χ1) is 26.8. The predicted molar refractivity (Wildman–Crippen MR) is 209 cm³/mol. The van der Waals surface area contributed by atoms with E-state index in [1.54, 1.807) is 13.8 Å². The van der Waals surface area contributed by atoms with E-state index in [0.29, 0.717) is 38.2 Å². The molecule has 304 valence electrons. The van der Waals surface area contributed by atoms with Gasteiger partial charge in [0.1, 0.15) is 30.8 Å². The van der Waals surface area contributed by atoms with Crippen LogP contribution < -0.4 is 32.3 Å². The summed E-state index contributed by atoms with van der Waals surface area (Å²) in [6.45, 7) is 7.42. The third kappa shape index (κ3) is 12.3. The first-order valence-corrected chi connectivity index (χ1v) is 19.3. The van der Waals surface area contributed by atoms with Gasteiger partial charge in [-0.2, -0.15) is 0 Å². The molecule has 8 N–H and O–H groups in total. The van der Waals surface area contributed by atoms with Crippen molar-refractivity contribution in [2.24, 2.45) is 17.6 Å². The van der Waals surface area contributed by atoms with E-state index >= 15 is 0 Å². The van der Waals surface area contributed by atoms with Crippen LogP contribution in [-0.2, 0) is 33.4 Å². The van der Waals surface area contributed by atoms with E-state index in [2.05, 4.69) is 26.6 Å². The quantitative estimate of drug-likeness (QED) is 0.0917. The molecule has 5 amide bonds. The second kappa shape index (κ2) is 21.0. The zero-order valence-corrected chi connectivity index (χ0v) is 32.6. The van der Waals surface area contributed by atoms with E-state index < -0.39 is 72.3 Å². The Labute approximate surface area is 327 Å². The first kappa shape index (κ1) is 43.3. The molecular weight excluding hydrogens is 720 g/mol. The molecule has 0 spiro atoms. The highest BCUT2D eigenvalue weighted by Gasteiger charge is 2.33. The third-order valence-electron chi connectivity index (χ3n) is 9.73. The smallest absolute Gasteiger partial charge is 0.407 e. The molecule has 15 heteroatoms. The number of carbonyl (C=O) groups excluding carboxylic acids is 5. The Hall–Kier alpha value is -5.44. The Bertz CT molecular complexity index is 1700. The van der Waals surface area contributed by atoms with Crippen molar-refractivity contribution < 1.29 is 43.3 Å². The average Bonchev–Trinajstić information content (AvgIpc) is 3.79. The number of aliphatic carboxylic acids is 1. The number of benzene rings is 2. The molecule has 0 saturated carbocycles. The molecule has 2 aromatic carbocycles. The van der Waals surface area contributed by atoms with Crippen LogP contribution in [0.1, 0.15) is 83.3 Å². The zero-order valence-electron chi connectivity index (χ0n) is 32.6. The zero-order chi connectivity index (χ0) is 40.8. The van der Waals surface area contributed by atoms with Crippen molar-refractivity contribution in [3.05, 3.63) is 71.5 Å². The van der Waals surface area contributed by atoms with Crippen LogP contribution in [0.3, 0.4) is 0 Å². The summed E-state index contributed by atoms with van der Waals surface area (Å²) in [5, 5.41) is 22.6. The molecule has 4 rings (SSSR count). The number of amides is 5. The normalized spacial score (nSPS) is 15.3. The Morgan fingerprint density at radius 2 is 1.46 bits per heavy atom. The van der Waals surface area contributed by atoms with Crippen molar-refractivity contribution in [1.82, 2.24) is 26.6 Å². The van der Waals surface area contributed by atoms with Gasteiger partial charge in [0.25, 0.3) is 0 Å². The van der Waals surface area contributed by atoms with E-state index in [4.69, 9.17) is 15.2 Å². The van der Waals surface area contributed by atoms with Crippen molar-refractivity contribution in [3.8, 4) is 11.1 Å². The number of carboxylic acid groups (broad SMARTS) is 1. The Balaban J connectivity index is 1.39. The van der Waals surface area contributed by atoms with Gasteiger partial charge >= 0.3 is 12.1 Å². The molecule has 56 heavy (non-hydrogen) atoms. The van der Waals surface area contributed by atoms with E-state index in [9.17, 15) is 33.9 Å². The summed E-state index contributed by atoms with van der Waals surface area (Å²) in [7, 11) is 0. The van der Waals surface area contributed by atoms with Gasteiger partial charge in [-0.05, 0) is 72.4 Å². The highest BCUT2D eigenvalue weighted by molar-refractivity contribution is 5.94. The van der Waals surface area contributed by atoms with E-state index in [0.717, 1.165) is 22.3 Å². The second-order valence-corrected chi connectivity index (χ2v) is 14.9. The number of hydrogen-bond acceptors (Lipinski definition) is 9. The molecule has 0 radical (unpaired) electrons. The van der Waals surface area contributed by atoms with Gasteiger partial charge in [-0.3, -0.25) is 19.2 Å². The van der Waals surface area contributed by atoms with Crippen LogP contribution in [0.5, 0.6) is 0 Å². The van der Waals surface area contributed by atoms with Gasteiger partial charge in [-0.1, -0.05) is 76.2 Å². The Morgan fingerprint density at radius 1 is 0.821 bits per heavy atom. The molecular formula is C41H56N6O9. The summed E-state index contributed by atoms with van der Waals surface area (Å²) >= 11 is 0. The second-order valence-electron chi connectivity index (χ2n) is 14.9. The van der Waals surface area contributed by atoms with Crippen LogP contribution in [0, 0.1) is 11.8 Å². The number of nitrogens with one attached hydrogen (secondary N) is 5. The number of rotatable bonds is 21. The average molecular weight is 777 g/mol. The van der Waals surface area contributed by atoms with Crippen LogP contribution in [0.15, 0.2) is 60.4 Å². The Morgan fingerprint density at radius 3 is 2.04 bits per heavy atom. The molecule has 0 fully saturated rings. The fourth-order valence-corrected chi connectivity index (χ4v) is 6.84. The summed E-state index contributed by atoms with van der Waals surface area (Å²) in [5.74, 6) is -3.98. The van der Waals surface area contributed by atoms with Crippen LogP contribution in [0.2, 0.25) is 0 Å². The molecule has 4 atom stereocenters. The lowest BCUT2D eigenvalue weighted by atomic mass is 9.98. The molecule has 1 heterocycles. The standard InChI is InChI=1S/C41H56N6O9/c1-24(2)20-33(46-41(54)56-23-31-29-15-7-5-13-27(29)28-14-6-8-16-30(28)31)39(51)45-34(21-26-12-11-19-55-26)37(49)43-22-35(48)44-32(17-9-10-18-42)38(50)47-36(25(3)4)40(52)53/h5-8,12-16,24-25,31-34,36H,9-11,17-23,42H2,1-4H3,(H,43,49)(H,44,48)(H,45,51)(H,46,54)(H,47,50)(H,52,53)/t32-,33-,34-,36-/m0/s1. The van der Waals surface area contributed by atoms with Gasteiger partial charge < -0.3 is 46.9 Å². The number of unbranched alkanes of at least 4 members (excludes halogenated alkanes) is 1. The van der Waals surface area contributed by atoms with Crippen molar-refractivity contribution in [3.63, 3.8) is 0 Å². The number of ether oxygens (including phenoxy) is 2. The monoisotopic (exact) mass is 776 g/mol. The highest BCUT2D eigenvalue weighted by Crippen LogP contribution is 2.44. The molecule has 15 nitrogen and oxygen atoms in total.